The van der Waals surface area contributed by atoms with Crippen LogP contribution in [0.4, 0.5) is 0 Å². The van der Waals surface area contributed by atoms with Gasteiger partial charge in [0.05, 0.1) is 36.6 Å². The van der Waals surface area contributed by atoms with Crippen molar-refractivity contribution in [2.24, 2.45) is 0 Å². The Morgan fingerprint density at radius 1 is 0.588 bits per heavy atom. The highest BCUT2D eigenvalue weighted by Gasteiger charge is 2.06. The number of fused-ring (bicyclic) bond motifs is 6. The third-order valence-electron chi connectivity index (χ3n) is 5.64. The lowest BCUT2D eigenvalue weighted by atomic mass is 10.2. The van der Waals surface area contributed by atoms with Gasteiger partial charge >= 0.3 is 0 Å². The summed E-state index contributed by atoms with van der Waals surface area (Å²) in [4.78, 5) is 15.3. The molecule has 0 unspecified atom stereocenters. The fourth-order valence-electron chi connectivity index (χ4n) is 4.03. The summed E-state index contributed by atoms with van der Waals surface area (Å²) in [6.07, 6.45) is 5.65. The molecule has 2 aromatic carbocycles. The number of hydrogen-bond acceptors (Lipinski definition) is 4. The fourth-order valence-corrected chi connectivity index (χ4v) is 4.03. The summed E-state index contributed by atoms with van der Waals surface area (Å²) in [5.74, 6) is 1.40. The fraction of sp³-hybridized carbons (Fsp3) is 0.214. The van der Waals surface area contributed by atoms with Crippen LogP contribution in [0.3, 0.4) is 0 Å². The average Bonchev–Trinajstić information content (AvgIpc) is 3.44. The maximum atomic E-state index is 5.56. The smallest absolute Gasteiger partial charge is 0.213 e. The normalized spacial score (nSPS) is 11.1. The zero-order valence-corrected chi connectivity index (χ0v) is 19.5. The summed E-state index contributed by atoms with van der Waals surface area (Å²) < 4.78 is 11.1. The van der Waals surface area contributed by atoms with E-state index in [9.17, 15) is 0 Å². The Kier molecular flexibility index (Phi) is 6.29. The number of nitrogens with zero attached hydrogens (tertiary/aromatic N) is 2. The number of hydrogen-bond donors (Lipinski definition) is 2. The lowest BCUT2D eigenvalue weighted by Crippen LogP contribution is -1.96. The molecule has 0 fully saturated rings. The van der Waals surface area contributed by atoms with Crippen molar-refractivity contribution in [3.63, 3.8) is 0 Å². The molecule has 4 aromatic heterocycles. The summed E-state index contributed by atoms with van der Waals surface area (Å²) in [6.45, 7) is 5.59. The molecule has 0 saturated heterocycles. The first-order chi connectivity index (χ1) is 16.8. The van der Waals surface area contributed by atoms with Crippen LogP contribution in [-0.4, -0.2) is 33.1 Å². The van der Waals surface area contributed by atoms with Crippen LogP contribution in [-0.2, 0) is 0 Å². The highest BCUT2D eigenvalue weighted by atomic mass is 16.5. The molecular formula is C28H28N4O2. The summed E-state index contributed by atoms with van der Waals surface area (Å²) in [6, 6.07) is 20.5. The predicted molar refractivity (Wildman–Crippen MR) is 139 cm³/mol. The monoisotopic (exact) mass is 452 g/mol. The number of nitrogens with one attached hydrogen (secondary N) is 2. The predicted octanol–water partition coefficient (Wildman–Crippen LogP) is 7.01. The second-order valence-electron chi connectivity index (χ2n) is 8.17. The summed E-state index contributed by atoms with van der Waals surface area (Å²) in [5, 5.41) is 4.76. The number of pyridine rings is 2. The van der Waals surface area contributed by atoms with Gasteiger partial charge in [-0.15, -0.1) is 0 Å². The number of para-hydroxylation sites is 2. The average molecular weight is 453 g/mol. The first-order valence-corrected chi connectivity index (χ1v) is 11.8. The quantitative estimate of drug-likeness (QED) is 0.285. The largest absolute Gasteiger partial charge is 0.478 e. The molecule has 0 bridgehead atoms. The second-order valence-corrected chi connectivity index (χ2v) is 8.17. The summed E-state index contributed by atoms with van der Waals surface area (Å²) >= 11 is 0. The van der Waals surface area contributed by atoms with E-state index in [1.54, 1.807) is 0 Å². The Balaban J connectivity index is 0.000000142. The first-order valence-electron chi connectivity index (χ1n) is 11.8. The number of H-pyrrole nitrogens is 2. The molecule has 6 nitrogen and oxygen atoms in total. The third-order valence-corrected chi connectivity index (χ3v) is 5.64. The lowest BCUT2D eigenvalue weighted by molar-refractivity contribution is 0.306. The molecule has 0 spiro atoms. The van der Waals surface area contributed by atoms with Crippen LogP contribution in [0.1, 0.15) is 26.7 Å². The minimum absolute atomic E-state index is 0.698. The molecule has 6 aromatic rings. The Labute approximate surface area is 197 Å². The SMILES string of the molecule is CCCOc1cc2c(cn1)[nH]c1ccccc12.CCCOc1cc2c(cn1)[nH]c1ccccc12. The number of aromatic nitrogens is 4. The number of ether oxygens (including phenoxy) is 2. The van der Waals surface area contributed by atoms with E-state index in [0.29, 0.717) is 25.0 Å². The van der Waals surface area contributed by atoms with Crippen molar-refractivity contribution in [1.29, 1.82) is 0 Å². The van der Waals surface area contributed by atoms with Crippen LogP contribution in [0.15, 0.2) is 73.1 Å². The van der Waals surface area contributed by atoms with Gasteiger partial charge in [0, 0.05) is 44.7 Å². The van der Waals surface area contributed by atoms with Gasteiger partial charge in [-0.3, -0.25) is 0 Å². The molecule has 0 aliphatic rings. The molecule has 0 atom stereocenters. The van der Waals surface area contributed by atoms with Crippen molar-refractivity contribution >= 4 is 43.6 Å². The van der Waals surface area contributed by atoms with Crippen molar-refractivity contribution in [2.45, 2.75) is 26.7 Å². The molecule has 34 heavy (non-hydrogen) atoms. The van der Waals surface area contributed by atoms with Crippen molar-refractivity contribution in [1.82, 2.24) is 19.9 Å². The van der Waals surface area contributed by atoms with Crippen molar-refractivity contribution in [3.05, 3.63) is 73.1 Å². The Bertz CT molecular complexity index is 1430. The lowest BCUT2D eigenvalue weighted by Gasteiger charge is -2.02. The zero-order chi connectivity index (χ0) is 23.3. The molecule has 0 radical (unpaired) electrons. The molecule has 0 saturated carbocycles. The molecule has 0 amide bonds. The van der Waals surface area contributed by atoms with E-state index in [0.717, 1.165) is 34.9 Å². The Morgan fingerprint density at radius 3 is 1.47 bits per heavy atom. The van der Waals surface area contributed by atoms with Crippen molar-refractivity contribution < 1.29 is 9.47 Å². The maximum Gasteiger partial charge on any atom is 0.213 e. The van der Waals surface area contributed by atoms with Crippen LogP contribution >= 0.6 is 0 Å². The van der Waals surface area contributed by atoms with Crippen LogP contribution in [0.2, 0.25) is 0 Å². The van der Waals surface area contributed by atoms with Gasteiger partial charge in [0.15, 0.2) is 0 Å². The molecular weight excluding hydrogens is 424 g/mol. The molecule has 6 heteroatoms. The van der Waals surface area contributed by atoms with Gasteiger partial charge in [-0.25, -0.2) is 9.97 Å². The number of benzene rings is 2. The van der Waals surface area contributed by atoms with E-state index in [1.165, 1.54) is 21.5 Å². The van der Waals surface area contributed by atoms with Gasteiger partial charge in [0.25, 0.3) is 0 Å². The summed E-state index contributed by atoms with van der Waals surface area (Å²) in [5.41, 5.74) is 4.37. The molecule has 0 aliphatic heterocycles. The van der Waals surface area contributed by atoms with E-state index in [2.05, 4.69) is 58.0 Å². The van der Waals surface area contributed by atoms with E-state index in [4.69, 9.17) is 9.47 Å². The van der Waals surface area contributed by atoms with Gasteiger partial charge in [-0.1, -0.05) is 50.2 Å². The van der Waals surface area contributed by atoms with Gasteiger partial charge in [0.1, 0.15) is 0 Å². The highest BCUT2D eigenvalue weighted by Crippen LogP contribution is 2.28. The highest BCUT2D eigenvalue weighted by molar-refractivity contribution is 6.07. The minimum Gasteiger partial charge on any atom is -0.478 e. The van der Waals surface area contributed by atoms with E-state index in [1.807, 2.05) is 48.8 Å². The van der Waals surface area contributed by atoms with Crippen molar-refractivity contribution in [2.75, 3.05) is 13.2 Å². The topological polar surface area (TPSA) is 75.8 Å². The molecule has 2 N–H and O–H groups in total. The van der Waals surface area contributed by atoms with Crippen LogP contribution < -0.4 is 9.47 Å². The van der Waals surface area contributed by atoms with Gasteiger partial charge < -0.3 is 19.4 Å². The number of aromatic amines is 2. The molecule has 0 aliphatic carbocycles. The van der Waals surface area contributed by atoms with Crippen LogP contribution in [0, 0.1) is 0 Å². The van der Waals surface area contributed by atoms with Gasteiger partial charge in [0.2, 0.25) is 11.8 Å². The number of rotatable bonds is 6. The van der Waals surface area contributed by atoms with Gasteiger partial charge in [-0.05, 0) is 25.0 Å². The van der Waals surface area contributed by atoms with Crippen LogP contribution in [0.25, 0.3) is 43.6 Å². The minimum atomic E-state index is 0.698. The standard InChI is InChI=1S/2C14H14N2O/c2*1-2-7-17-14-8-11-10-5-3-4-6-12(10)16-13(11)9-15-14/h2*3-6,8-9,16H,2,7H2,1H3. The maximum absolute atomic E-state index is 5.56. The first kappa shape index (κ1) is 21.8. The zero-order valence-electron chi connectivity index (χ0n) is 19.5. The van der Waals surface area contributed by atoms with E-state index < -0.39 is 0 Å². The Morgan fingerprint density at radius 2 is 1.03 bits per heavy atom. The van der Waals surface area contributed by atoms with Crippen molar-refractivity contribution in [3.8, 4) is 11.8 Å². The second kappa shape index (κ2) is 9.83. The summed E-state index contributed by atoms with van der Waals surface area (Å²) in [7, 11) is 0. The third kappa shape index (κ3) is 4.39. The van der Waals surface area contributed by atoms with E-state index >= 15 is 0 Å². The molecule has 4 heterocycles. The Hall–Kier alpha value is -4.06. The van der Waals surface area contributed by atoms with Crippen LogP contribution in [0.5, 0.6) is 11.8 Å². The molecule has 6 rings (SSSR count). The van der Waals surface area contributed by atoms with Gasteiger partial charge in [-0.2, -0.15) is 0 Å². The van der Waals surface area contributed by atoms with E-state index in [-0.39, 0.29) is 0 Å². The molecule has 172 valence electrons.